The molecule has 19 heavy (non-hydrogen) atoms. The Hall–Kier alpha value is -2.83. The summed E-state index contributed by atoms with van der Waals surface area (Å²) in [6, 6.07) is 5.44. The van der Waals surface area contributed by atoms with E-state index in [9.17, 15) is 9.18 Å². The lowest BCUT2D eigenvalue weighted by molar-refractivity contribution is 0.481. The average Bonchev–Trinajstić information content (AvgIpc) is 2.69. The van der Waals surface area contributed by atoms with Gasteiger partial charge in [0.25, 0.3) is 0 Å². The van der Waals surface area contributed by atoms with E-state index in [-0.39, 0.29) is 11.4 Å². The van der Waals surface area contributed by atoms with Crippen LogP contribution in [0.5, 0.6) is 11.5 Å². The van der Waals surface area contributed by atoms with Crippen LogP contribution in [0.4, 0.5) is 10.1 Å². The van der Waals surface area contributed by atoms with Crippen molar-refractivity contribution in [1.82, 2.24) is 15.0 Å². The molecule has 2 aromatic heterocycles. The minimum Gasteiger partial charge on any atom is -0.455 e. The molecule has 4 N–H and O–H groups in total. The van der Waals surface area contributed by atoms with E-state index in [1.807, 2.05) is 0 Å². The zero-order valence-corrected chi connectivity index (χ0v) is 9.61. The highest BCUT2D eigenvalue weighted by atomic mass is 19.1. The fourth-order valence-corrected chi connectivity index (χ4v) is 1.77. The Labute approximate surface area is 106 Å². The Bertz CT molecular complexity index is 789. The van der Waals surface area contributed by atoms with E-state index in [2.05, 4.69) is 15.0 Å². The molecule has 1 aromatic carbocycles. The number of anilines is 1. The van der Waals surface area contributed by atoms with Crippen molar-refractivity contribution in [1.29, 1.82) is 0 Å². The van der Waals surface area contributed by atoms with E-state index >= 15 is 0 Å². The van der Waals surface area contributed by atoms with E-state index in [1.54, 1.807) is 6.07 Å². The van der Waals surface area contributed by atoms with Crippen LogP contribution in [0.1, 0.15) is 0 Å². The van der Waals surface area contributed by atoms with Gasteiger partial charge in [-0.1, -0.05) is 0 Å². The monoisotopic (exact) mass is 260 g/mol. The lowest BCUT2D eigenvalue weighted by Crippen LogP contribution is -1.99. The molecule has 0 atom stereocenters. The van der Waals surface area contributed by atoms with E-state index in [0.717, 1.165) is 0 Å². The van der Waals surface area contributed by atoms with Crippen molar-refractivity contribution in [3.05, 3.63) is 46.8 Å². The number of nitrogens with zero attached hydrogens (tertiary/aromatic N) is 1. The maximum absolute atomic E-state index is 13.2. The number of H-pyrrole nitrogens is 2. The highest BCUT2D eigenvalue weighted by Crippen LogP contribution is 2.27. The first-order valence-corrected chi connectivity index (χ1v) is 5.43. The number of halogens is 1. The van der Waals surface area contributed by atoms with Crippen molar-refractivity contribution in [3.8, 4) is 11.5 Å². The first-order valence-electron chi connectivity index (χ1n) is 5.43. The van der Waals surface area contributed by atoms with Crippen LogP contribution in [0.2, 0.25) is 0 Å². The summed E-state index contributed by atoms with van der Waals surface area (Å²) in [7, 11) is 0. The zero-order valence-electron chi connectivity index (χ0n) is 9.61. The third kappa shape index (κ3) is 2.13. The van der Waals surface area contributed by atoms with Crippen LogP contribution in [0, 0.1) is 5.82 Å². The molecule has 0 bridgehead atoms. The molecule has 3 rings (SSSR count). The number of hydrogen-bond acceptors (Lipinski definition) is 4. The van der Waals surface area contributed by atoms with E-state index < -0.39 is 11.5 Å². The maximum atomic E-state index is 13.2. The summed E-state index contributed by atoms with van der Waals surface area (Å²) in [5.41, 5.74) is 6.17. The van der Waals surface area contributed by atoms with Crippen molar-refractivity contribution in [2.75, 3.05) is 5.73 Å². The van der Waals surface area contributed by atoms with Crippen LogP contribution in [0.25, 0.3) is 11.2 Å². The fourth-order valence-electron chi connectivity index (χ4n) is 1.77. The third-order valence-corrected chi connectivity index (χ3v) is 2.50. The molecule has 0 fully saturated rings. The van der Waals surface area contributed by atoms with E-state index in [1.165, 1.54) is 24.4 Å². The van der Waals surface area contributed by atoms with Gasteiger partial charge in [-0.2, -0.15) is 0 Å². The van der Waals surface area contributed by atoms with Crippen LogP contribution in [-0.2, 0) is 0 Å². The van der Waals surface area contributed by atoms with Gasteiger partial charge in [0.1, 0.15) is 17.1 Å². The van der Waals surface area contributed by atoms with E-state index in [4.69, 9.17) is 10.5 Å². The van der Waals surface area contributed by atoms with Crippen LogP contribution in [0.3, 0.4) is 0 Å². The van der Waals surface area contributed by atoms with Gasteiger partial charge in [0.05, 0.1) is 0 Å². The lowest BCUT2D eigenvalue weighted by Gasteiger charge is -2.07. The van der Waals surface area contributed by atoms with Crippen molar-refractivity contribution < 1.29 is 9.13 Å². The Balaban J connectivity index is 2.07. The second kappa shape index (κ2) is 4.13. The second-order valence-electron chi connectivity index (χ2n) is 3.93. The number of hydrogen-bond donors (Lipinski definition) is 3. The summed E-state index contributed by atoms with van der Waals surface area (Å²) in [5, 5.41) is 0. The van der Waals surface area contributed by atoms with Gasteiger partial charge < -0.3 is 15.5 Å². The van der Waals surface area contributed by atoms with E-state index in [0.29, 0.717) is 16.9 Å². The summed E-state index contributed by atoms with van der Waals surface area (Å²) < 4.78 is 18.7. The number of aromatic amines is 2. The number of imidazole rings is 1. The summed E-state index contributed by atoms with van der Waals surface area (Å²) in [4.78, 5) is 20.2. The number of aromatic nitrogens is 3. The largest absolute Gasteiger partial charge is 0.455 e. The number of benzene rings is 1. The highest BCUT2D eigenvalue weighted by molar-refractivity contribution is 5.77. The molecule has 0 saturated carbocycles. The van der Waals surface area contributed by atoms with Crippen molar-refractivity contribution in [3.63, 3.8) is 0 Å². The number of ether oxygens (including phenoxy) is 1. The van der Waals surface area contributed by atoms with Crippen molar-refractivity contribution in [2.24, 2.45) is 0 Å². The summed E-state index contributed by atoms with van der Waals surface area (Å²) in [6.45, 7) is 0. The molecule has 0 aliphatic rings. The number of nitrogens with two attached hydrogens (primary N) is 1. The molecule has 96 valence electrons. The smallest absolute Gasteiger partial charge is 0.325 e. The minimum absolute atomic E-state index is 0.243. The first-order chi connectivity index (χ1) is 9.11. The quantitative estimate of drug-likeness (QED) is 0.611. The molecule has 6 nitrogen and oxygen atoms in total. The van der Waals surface area contributed by atoms with Crippen LogP contribution in [0.15, 0.2) is 35.3 Å². The maximum Gasteiger partial charge on any atom is 0.325 e. The standard InChI is InChI=1S/C12H9FN4O2/c13-6-3-7(14)5-8(4-6)19-9-1-2-15-11-10(9)16-12(18)17-11/h1-5H,14H2,(H2,15,16,17,18). The molecule has 0 spiro atoms. The molecule has 0 aliphatic carbocycles. The molecule has 2 heterocycles. The second-order valence-corrected chi connectivity index (χ2v) is 3.93. The van der Waals surface area contributed by atoms with Gasteiger partial charge in [0.15, 0.2) is 11.4 Å². The van der Waals surface area contributed by atoms with Gasteiger partial charge in [0.2, 0.25) is 0 Å². The summed E-state index contributed by atoms with van der Waals surface area (Å²) in [6.07, 6.45) is 1.48. The molecule has 0 unspecified atom stereocenters. The molecular weight excluding hydrogens is 251 g/mol. The number of fused-ring (bicyclic) bond motifs is 1. The lowest BCUT2D eigenvalue weighted by atomic mass is 10.3. The normalized spacial score (nSPS) is 10.8. The topological polar surface area (TPSA) is 96.8 Å². The average molecular weight is 260 g/mol. The van der Waals surface area contributed by atoms with Gasteiger partial charge in [-0.3, -0.25) is 4.98 Å². The van der Waals surface area contributed by atoms with Crippen molar-refractivity contribution >= 4 is 16.9 Å². The Morgan fingerprint density at radius 2 is 2.11 bits per heavy atom. The molecular formula is C12H9FN4O2. The number of pyridine rings is 1. The number of nitrogens with one attached hydrogen (secondary N) is 2. The molecule has 0 amide bonds. The predicted octanol–water partition coefficient (Wildman–Crippen LogP) is 1.76. The number of rotatable bonds is 2. The van der Waals surface area contributed by atoms with Gasteiger partial charge in [0, 0.05) is 30.1 Å². The van der Waals surface area contributed by atoms with Gasteiger partial charge in [-0.25, -0.2) is 14.2 Å². The van der Waals surface area contributed by atoms with Crippen molar-refractivity contribution in [2.45, 2.75) is 0 Å². The highest BCUT2D eigenvalue weighted by Gasteiger charge is 2.08. The molecule has 7 heteroatoms. The van der Waals surface area contributed by atoms with Gasteiger partial charge in [-0.05, 0) is 6.07 Å². The fraction of sp³-hybridized carbons (Fsp3) is 0. The van der Waals surface area contributed by atoms with Crippen LogP contribution < -0.4 is 16.2 Å². The first kappa shape index (κ1) is 11.3. The van der Waals surface area contributed by atoms with Crippen LogP contribution in [-0.4, -0.2) is 15.0 Å². The summed E-state index contributed by atoms with van der Waals surface area (Å²) in [5.74, 6) is 0.100. The van der Waals surface area contributed by atoms with Crippen LogP contribution >= 0.6 is 0 Å². The Morgan fingerprint density at radius 1 is 1.26 bits per heavy atom. The molecule has 3 aromatic rings. The predicted molar refractivity (Wildman–Crippen MR) is 67.6 cm³/mol. The molecule has 0 aliphatic heterocycles. The molecule has 0 saturated heterocycles. The van der Waals surface area contributed by atoms with Gasteiger partial charge in [-0.15, -0.1) is 0 Å². The Kier molecular flexibility index (Phi) is 2.45. The SMILES string of the molecule is Nc1cc(F)cc(Oc2ccnc3[nH]c(=O)[nH]c23)c1. The third-order valence-electron chi connectivity index (χ3n) is 2.50. The van der Waals surface area contributed by atoms with Gasteiger partial charge >= 0.3 is 5.69 Å². The Morgan fingerprint density at radius 3 is 2.89 bits per heavy atom. The summed E-state index contributed by atoms with van der Waals surface area (Å²) >= 11 is 0. The molecule has 0 radical (unpaired) electrons. The minimum atomic E-state index is -0.497. The number of nitrogen functional groups attached to an aromatic ring is 1. The zero-order chi connectivity index (χ0) is 13.4.